The van der Waals surface area contributed by atoms with Crippen LogP contribution in [0.5, 0.6) is 5.75 Å². The van der Waals surface area contributed by atoms with Gasteiger partial charge in [-0.15, -0.1) is 0 Å². The third-order valence-electron chi connectivity index (χ3n) is 3.89. The van der Waals surface area contributed by atoms with Crippen LogP contribution in [0.25, 0.3) is 0 Å². The van der Waals surface area contributed by atoms with Gasteiger partial charge in [0.1, 0.15) is 16.9 Å². The number of carboxylic acids is 1. The molecule has 2 aliphatic rings. The number of aryl methyl sites for hydroxylation is 1. The maximum Gasteiger partial charge on any atom is 0.339 e. The third-order valence-corrected chi connectivity index (χ3v) is 3.89. The Kier molecular flexibility index (Phi) is 2.18. The van der Waals surface area contributed by atoms with Crippen LogP contribution < -0.4 is 4.74 Å². The maximum atomic E-state index is 11.2. The summed E-state index contributed by atoms with van der Waals surface area (Å²) in [5.41, 5.74) is 2.30. The molecule has 0 atom stereocenters. The molecule has 1 heterocycles. The molecule has 1 spiro atoms. The van der Waals surface area contributed by atoms with E-state index in [1.165, 1.54) is 12.8 Å². The second kappa shape index (κ2) is 3.49. The van der Waals surface area contributed by atoms with Crippen LogP contribution in [0.1, 0.15) is 47.2 Å². The van der Waals surface area contributed by atoms with Gasteiger partial charge in [-0.05, 0) is 49.8 Å². The molecule has 3 rings (SSSR count). The second-order valence-electron chi connectivity index (χ2n) is 5.27. The van der Waals surface area contributed by atoms with E-state index in [1.54, 1.807) is 6.07 Å². The molecule has 1 fully saturated rings. The molecule has 1 N–H and O–H groups in total. The number of hydrogen-bond acceptors (Lipinski definition) is 2. The molecule has 90 valence electrons. The Balaban J connectivity index is 2.07. The lowest BCUT2D eigenvalue weighted by Crippen LogP contribution is -2.30. The SMILES string of the molecule is Cc1cc2c(c(C(=O)O)c1)OC1(CCCC1)C2. The molecule has 0 bridgehead atoms. The first-order valence-corrected chi connectivity index (χ1v) is 6.15. The lowest BCUT2D eigenvalue weighted by Gasteiger charge is -2.22. The predicted octanol–water partition coefficient (Wildman–Crippen LogP) is 2.94. The number of fused-ring (bicyclic) bond motifs is 1. The van der Waals surface area contributed by atoms with E-state index in [0.717, 1.165) is 30.4 Å². The van der Waals surface area contributed by atoms with Crippen molar-refractivity contribution in [2.75, 3.05) is 0 Å². The fourth-order valence-electron chi connectivity index (χ4n) is 3.16. The number of ether oxygens (including phenoxy) is 1. The molecule has 3 heteroatoms. The van der Waals surface area contributed by atoms with Gasteiger partial charge in [-0.1, -0.05) is 6.07 Å². The molecule has 1 aromatic carbocycles. The number of benzene rings is 1. The summed E-state index contributed by atoms with van der Waals surface area (Å²) in [6, 6.07) is 3.77. The lowest BCUT2D eigenvalue weighted by molar-refractivity contribution is 0.0675. The smallest absolute Gasteiger partial charge is 0.339 e. The van der Waals surface area contributed by atoms with Crippen molar-refractivity contribution in [3.63, 3.8) is 0 Å². The molecule has 17 heavy (non-hydrogen) atoms. The van der Waals surface area contributed by atoms with Gasteiger partial charge < -0.3 is 9.84 Å². The monoisotopic (exact) mass is 232 g/mol. The molecule has 0 saturated heterocycles. The maximum absolute atomic E-state index is 11.2. The van der Waals surface area contributed by atoms with Gasteiger partial charge in [-0.2, -0.15) is 0 Å². The van der Waals surface area contributed by atoms with Crippen LogP contribution in [0.2, 0.25) is 0 Å². The van der Waals surface area contributed by atoms with Gasteiger partial charge in [0.15, 0.2) is 0 Å². The van der Waals surface area contributed by atoms with Crippen LogP contribution >= 0.6 is 0 Å². The van der Waals surface area contributed by atoms with Crippen molar-refractivity contribution < 1.29 is 14.6 Å². The lowest BCUT2D eigenvalue weighted by atomic mass is 9.94. The van der Waals surface area contributed by atoms with Crippen molar-refractivity contribution in [3.8, 4) is 5.75 Å². The van der Waals surface area contributed by atoms with Crippen LogP contribution in [0, 0.1) is 6.92 Å². The Labute approximate surface area is 100 Å². The zero-order valence-electron chi connectivity index (χ0n) is 9.95. The average molecular weight is 232 g/mol. The summed E-state index contributed by atoms with van der Waals surface area (Å²) in [5, 5.41) is 9.22. The van der Waals surface area contributed by atoms with E-state index in [1.807, 2.05) is 6.92 Å². The topological polar surface area (TPSA) is 46.5 Å². The summed E-state index contributed by atoms with van der Waals surface area (Å²) < 4.78 is 6.02. The highest BCUT2D eigenvalue weighted by atomic mass is 16.5. The highest BCUT2D eigenvalue weighted by molar-refractivity contribution is 5.92. The quantitative estimate of drug-likeness (QED) is 0.809. The molecule has 0 unspecified atom stereocenters. The number of hydrogen-bond donors (Lipinski definition) is 1. The highest BCUT2D eigenvalue weighted by Crippen LogP contribution is 2.46. The van der Waals surface area contributed by atoms with Crippen molar-refractivity contribution in [3.05, 3.63) is 28.8 Å². The van der Waals surface area contributed by atoms with E-state index in [2.05, 4.69) is 6.07 Å². The summed E-state index contributed by atoms with van der Waals surface area (Å²) in [6.07, 6.45) is 5.37. The third kappa shape index (κ3) is 1.61. The number of carbonyl (C=O) groups is 1. The molecule has 1 aliphatic carbocycles. The van der Waals surface area contributed by atoms with Gasteiger partial charge in [-0.25, -0.2) is 4.79 Å². The van der Waals surface area contributed by atoms with E-state index in [0.29, 0.717) is 11.3 Å². The van der Waals surface area contributed by atoms with Crippen LogP contribution in [0.4, 0.5) is 0 Å². The Morgan fingerprint density at radius 2 is 2.06 bits per heavy atom. The Hall–Kier alpha value is -1.51. The molecular formula is C14H16O3. The molecule has 0 amide bonds. The van der Waals surface area contributed by atoms with Crippen LogP contribution in [0.15, 0.2) is 12.1 Å². The number of rotatable bonds is 1. The predicted molar refractivity (Wildman–Crippen MR) is 63.7 cm³/mol. The Morgan fingerprint density at radius 1 is 1.35 bits per heavy atom. The zero-order valence-corrected chi connectivity index (χ0v) is 9.95. The summed E-state index contributed by atoms with van der Waals surface area (Å²) in [7, 11) is 0. The van der Waals surface area contributed by atoms with Crippen LogP contribution in [-0.4, -0.2) is 16.7 Å². The highest BCUT2D eigenvalue weighted by Gasteiger charge is 2.43. The average Bonchev–Trinajstić information content (AvgIpc) is 2.84. The van der Waals surface area contributed by atoms with Gasteiger partial charge in [0, 0.05) is 6.42 Å². The number of aromatic carboxylic acids is 1. The summed E-state index contributed by atoms with van der Waals surface area (Å²) >= 11 is 0. The van der Waals surface area contributed by atoms with Gasteiger partial charge in [-0.3, -0.25) is 0 Å². The van der Waals surface area contributed by atoms with E-state index >= 15 is 0 Å². The van der Waals surface area contributed by atoms with Crippen LogP contribution in [-0.2, 0) is 6.42 Å². The minimum Gasteiger partial charge on any atom is -0.486 e. The zero-order chi connectivity index (χ0) is 12.0. The summed E-state index contributed by atoms with van der Waals surface area (Å²) in [5.74, 6) is -0.273. The second-order valence-corrected chi connectivity index (χ2v) is 5.27. The van der Waals surface area contributed by atoms with Crippen molar-refractivity contribution >= 4 is 5.97 Å². The van der Waals surface area contributed by atoms with Crippen molar-refractivity contribution in [2.24, 2.45) is 0 Å². The van der Waals surface area contributed by atoms with Gasteiger partial charge >= 0.3 is 5.97 Å². The summed E-state index contributed by atoms with van der Waals surface area (Å²) in [4.78, 5) is 11.2. The fraction of sp³-hybridized carbons (Fsp3) is 0.500. The first kappa shape index (κ1) is 10.6. The minimum atomic E-state index is -0.889. The van der Waals surface area contributed by atoms with Crippen LogP contribution in [0.3, 0.4) is 0 Å². The normalized spacial score (nSPS) is 20.3. The van der Waals surface area contributed by atoms with Crippen molar-refractivity contribution in [2.45, 2.75) is 44.6 Å². The van der Waals surface area contributed by atoms with E-state index in [4.69, 9.17) is 4.74 Å². The first-order valence-electron chi connectivity index (χ1n) is 6.15. The molecule has 1 saturated carbocycles. The Bertz CT molecular complexity index is 484. The fourth-order valence-corrected chi connectivity index (χ4v) is 3.16. The van der Waals surface area contributed by atoms with Gasteiger partial charge in [0.25, 0.3) is 0 Å². The number of carboxylic acid groups (broad SMARTS) is 1. The minimum absolute atomic E-state index is 0.0969. The van der Waals surface area contributed by atoms with Crippen molar-refractivity contribution in [1.29, 1.82) is 0 Å². The van der Waals surface area contributed by atoms with E-state index in [9.17, 15) is 9.90 Å². The first-order chi connectivity index (χ1) is 8.10. The molecule has 0 radical (unpaired) electrons. The van der Waals surface area contributed by atoms with E-state index in [-0.39, 0.29) is 5.60 Å². The standard InChI is InChI=1S/C14H16O3/c1-9-6-10-8-14(4-2-3-5-14)17-12(10)11(7-9)13(15)16/h6-7H,2-5,8H2,1H3,(H,15,16). The largest absolute Gasteiger partial charge is 0.486 e. The van der Waals surface area contributed by atoms with E-state index < -0.39 is 5.97 Å². The molecular weight excluding hydrogens is 216 g/mol. The van der Waals surface area contributed by atoms with Crippen molar-refractivity contribution in [1.82, 2.24) is 0 Å². The summed E-state index contributed by atoms with van der Waals surface area (Å²) in [6.45, 7) is 1.94. The molecule has 1 aromatic rings. The van der Waals surface area contributed by atoms with Gasteiger partial charge in [0.05, 0.1) is 0 Å². The Morgan fingerprint density at radius 3 is 2.71 bits per heavy atom. The molecule has 1 aliphatic heterocycles. The molecule has 0 aromatic heterocycles. The van der Waals surface area contributed by atoms with Gasteiger partial charge in [0.2, 0.25) is 0 Å². The molecule has 3 nitrogen and oxygen atoms in total.